The third kappa shape index (κ3) is 6.51. The number of allylic oxidation sites excluding steroid dienone is 12. The zero-order valence-electron chi connectivity index (χ0n) is 31.1. The Labute approximate surface area is 311 Å². The molecular formula is C51H49N. The van der Waals surface area contributed by atoms with Crippen molar-refractivity contribution < 1.29 is 0 Å². The van der Waals surface area contributed by atoms with Crippen molar-refractivity contribution in [3.8, 4) is 11.1 Å². The molecule has 0 aromatic heterocycles. The Balaban J connectivity index is 1.60. The lowest BCUT2D eigenvalue weighted by Gasteiger charge is -2.35. The smallest absolute Gasteiger partial charge is 0.0711 e. The molecule has 0 saturated carbocycles. The topological polar surface area (TPSA) is 3.24 Å². The molecule has 1 nitrogen and oxygen atoms in total. The van der Waals surface area contributed by atoms with Crippen molar-refractivity contribution in [2.24, 2.45) is 0 Å². The van der Waals surface area contributed by atoms with Crippen LogP contribution >= 0.6 is 0 Å². The number of fused-ring (bicyclic) bond motifs is 4. The highest BCUT2D eigenvalue weighted by molar-refractivity contribution is 5.88. The molecule has 2 aliphatic rings. The molecule has 0 aliphatic heterocycles. The Hall–Kier alpha value is -5.92. The van der Waals surface area contributed by atoms with E-state index in [1.54, 1.807) is 6.08 Å². The van der Waals surface area contributed by atoms with Gasteiger partial charge in [-0.15, -0.1) is 0 Å². The van der Waals surface area contributed by atoms with Gasteiger partial charge in [0, 0.05) is 17.6 Å². The summed E-state index contributed by atoms with van der Waals surface area (Å²) in [7, 11) is 0. The molecule has 4 aromatic rings. The Morgan fingerprint density at radius 2 is 1.60 bits per heavy atom. The van der Waals surface area contributed by atoms with Crippen LogP contribution in [0.1, 0.15) is 73.1 Å². The predicted molar refractivity (Wildman–Crippen MR) is 228 cm³/mol. The quantitative estimate of drug-likeness (QED) is 0.135. The highest BCUT2D eigenvalue weighted by atomic mass is 15.1. The fraction of sp³-hybridized carbons (Fsp3) is 0.137. The molecule has 0 heterocycles. The largest absolute Gasteiger partial charge is 0.317 e. The van der Waals surface area contributed by atoms with Crippen molar-refractivity contribution in [2.45, 2.75) is 46.0 Å². The molecule has 258 valence electrons. The van der Waals surface area contributed by atoms with Gasteiger partial charge in [-0.25, -0.2) is 0 Å². The molecule has 0 amide bonds. The summed E-state index contributed by atoms with van der Waals surface area (Å²) in [4.78, 5) is 2.31. The van der Waals surface area contributed by atoms with Crippen LogP contribution in [0.15, 0.2) is 188 Å². The molecule has 0 fully saturated rings. The summed E-state index contributed by atoms with van der Waals surface area (Å²) < 4.78 is 0. The molecule has 1 heteroatoms. The van der Waals surface area contributed by atoms with Crippen LogP contribution in [0.25, 0.3) is 29.4 Å². The van der Waals surface area contributed by atoms with Crippen molar-refractivity contribution in [1.82, 2.24) is 0 Å². The lowest BCUT2D eigenvalue weighted by molar-refractivity contribution is 0.764. The van der Waals surface area contributed by atoms with Crippen LogP contribution in [-0.4, -0.2) is 0 Å². The van der Waals surface area contributed by atoms with Gasteiger partial charge in [0.2, 0.25) is 0 Å². The first-order valence-corrected chi connectivity index (χ1v) is 18.3. The maximum Gasteiger partial charge on any atom is 0.0711 e. The zero-order chi connectivity index (χ0) is 36.7. The van der Waals surface area contributed by atoms with Gasteiger partial charge in [0.15, 0.2) is 0 Å². The van der Waals surface area contributed by atoms with Crippen LogP contribution < -0.4 is 4.90 Å². The molecule has 4 aromatic carbocycles. The lowest BCUT2D eigenvalue weighted by atomic mass is 9.67. The van der Waals surface area contributed by atoms with Gasteiger partial charge in [0.05, 0.1) is 5.41 Å². The van der Waals surface area contributed by atoms with E-state index in [1.807, 2.05) is 18.2 Å². The van der Waals surface area contributed by atoms with Gasteiger partial charge < -0.3 is 4.90 Å². The van der Waals surface area contributed by atoms with Gasteiger partial charge in [0.1, 0.15) is 0 Å². The van der Waals surface area contributed by atoms with E-state index in [1.165, 1.54) is 44.5 Å². The van der Waals surface area contributed by atoms with Gasteiger partial charge in [0.25, 0.3) is 0 Å². The van der Waals surface area contributed by atoms with Crippen molar-refractivity contribution in [1.29, 1.82) is 0 Å². The number of rotatable bonds is 12. The van der Waals surface area contributed by atoms with Crippen LogP contribution in [0.4, 0.5) is 5.69 Å². The lowest BCUT2D eigenvalue weighted by Crippen LogP contribution is -2.29. The molecule has 0 spiro atoms. The van der Waals surface area contributed by atoms with Gasteiger partial charge in [-0.1, -0.05) is 153 Å². The Kier molecular flexibility index (Phi) is 11.0. The molecule has 0 saturated heterocycles. The maximum absolute atomic E-state index is 4.34. The van der Waals surface area contributed by atoms with E-state index < -0.39 is 5.41 Å². The normalized spacial score (nSPS) is 17.0. The summed E-state index contributed by atoms with van der Waals surface area (Å²) in [6.45, 7) is 20.9. The second-order valence-corrected chi connectivity index (χ2v) is 13.3. The van der Waals surface area contributed by atoms with E-state index in [-0.39, 0.29) is 0 Å². The van der Waals surface area contributed by atoms with E-state index >= 15 is 0 Å². The van der Waals surface area contributed by atoms with Crippen LogP contribution in [0.2, 0.25) is 0 Å². The zero-order valence-corrected chi connectivity index (χ0v) is 31.1. The summed E-state index contributed by atoms with van der Waals surface area (Å²) in [6.07, 6.45) is 29.9. The molecular weight excluding hydrogens is 627 g/mol. The second kappa shape index (κ2) is 16.0. The summed E-state index contributed by atoms with van der Waals surface area (Å²) >= 11 is 0. The van der Waals surface area contributed by atoms with E-state index in [9.17, 15) is 0 Å². The van der Waals surface area contributed by atoms with Gasteiger partial charge in [-0.3, -0.25) is 0 Å². The third-order valence-electron chi connectivity index (χ3n) is 10.4. The van der Waals surface area contributed by atoms with E-state index in [0.29, 0.717) is 0 Å². The molecule has 0 N–H and O–H groups in total. The standard InChI is InChI=1S/C51H49N/c1-8-13-22-37(6)38(7)35-43(11-4)52(34-33-40-30-29-39-23-17-18-26-46(39)45(40)12-5)44-31-32-48-47-27-19-20-28-49(47)51(50(48)36-44,41(10-3)21-9-2)42-24-15-14-16-25-42/h8-16,18-22,24-36H,1,5-6,17,23H2,2-4,7H3/b21-9-,22-13-,34-33+,38-35+,41-10+,43-11+. The van der Waals surface area contributed by atoms with Gasteiger partial charge in [-0.05, 0) is 132 Å². The average molecular weight is 676 g/mol. The minimum atomic E-state index is -0.494. The summed E-state index contributed by atoms with van der Waals surface area (Å²) in [5, 5.41) is 0. The number of benzene rings is 4. The fourth-order valence-electron chi connectivity index (χ4n) is 7.84. The number of hydrogen-bond donors (Lipinski definition) is 0. The van der Waals surface area contributed by atoms with E-state index in [4.69, 9.17) is 0 Å². The molecule has 0 radical (unpaired) electrons. The molecule has 2 aliphatic carbocycles. The summed E-state index contributed by atoms with van der Waals surface area (Å²) in [5.74, 6) is 0. The first-order chi connectivity index (χ1) is 25.4. The van der Waals surface area contributed by atoms with Crippen molar-refractivity contribution in [2.75, 3.05) is 4.90 Å². The highest BCUT2D eigenvalue weighted by Crippen LogP contribution is 2.57. The van der Waals surface area contributed by atoms with Crippen LogP contribution in [-0.2, 0) is 11.8 Å². The first kappa shape index (κ1) is 35.9. The van der Waals surface area contributed by atoms with Crippen LogP contribution in [0.3, 0.4) is 0 Å². The molecule has 6 rings (SSSR count). The second-order valence-electron chi connectivity index (χ2n) is 13.3. The Bertz CT molecular complexity index is 2230. The number of hydrogen-bond acceptors (Lipinski definition) is 1. The third-order valence-corrected chi connectivity index (χ3v) is 10.4. The Morgan fingerprint density at radius 3 is 2.33 bits per heavy atom. The first-order valence-electron chi connectivity index (χ1n) is 18.3. The van der Waals surface area contributed by atoms with Crippen molar-refractivity contribution >= 4 is 23.9 Å². The highest BCUT2D eigenvalue weighted by Gasteiger charge is 2.46. The summed E-state index contributed by atoms with van der Waals surface area (Å²) in [5.41, 5.74) is 16.2. The van der Waals surface area contributed by atoms with Gasteiger partial charge >= 0.3 is 0 Å². The number of aryl methyl sites for hydroxylation is 1. The minimum Gasteiger partial charge on any atom is -0.317 e. The maximum atomic E-state index is 4.34. The SMILES string of the molecule is C=C/C=C\C(=C)/C(C)=C/C(=C\C)N(/C=C/c1ccc2c(c1C=C)C=CCC2)c1ccc2c(c1)C(C(/C=C\C)=C/C)(c1ccccc1)c1ccccc1-2. The van der Waals surface area contributed by atoms with Crippen molar-refractivity contribution in [3.63, 3.8) is 0 Å². The summed E-state index contributed by atoms with van der Waals surface area (Å²) in [6, 6.07) is 31.3. The van der Waals surface area contributed by atoms with E-state index in [0.717, 1.165) is 46.5 Å². The Morgan fingerprint density at radius 1 is 0.827 bits per heavy atom. The molecule has 1 unspecified atom stereocenters. The van der Waals surface area contributed by atoms with Crippen molar-refractivity contribution in [3.05, 3.63) is 227 Å². The molecule has 1 atom stereocenters. The number of anilines is 1. The average Bonchev–Trinajstić information content (AvgIpc) is 3.48. The number of nitrogens with zero attached hydrogens (tertiary/aromatic N) is 1. The van der Waals surface area contributed by atoms with Crippen LogP contribution in [0.5, 0.6) is 0 Å². The van der Waals surface area contributed by atoms with Crippen LogP contribution in [0, 0.1) is 0 Å². The monoisotopic (exact) mass is 675 g/mol. The molecule has 52 heavy (non-hydrogen) atoms. The van der Waals surface area contributed by atoms with Gasteiger partial charge in [-0.2, -0.15) is 0 Å². The van der Waals surface area contributed by atoms with E-state index in [2.05, 4.69) is 192 Å². The molecule has 0 bridgehead atoms. The minimum absolute atomic E-state index is 0.494. The predicted octanol–water partition coefficient (Wildman–Crippen LogP) is 13.8. The fourth-order valence-corrected chi connectivity index (χ4v) is 7.84.